The van der Waals surface area contributed by atoms with E-state index in [9.17, 15) is 9.59 Å². The van der Waals surface area contributed by atoms with Gasteiger partial charge in [-0.15, -0.1) is 0 Å². The van der Waals surface area contributed by atoms with Gasteiger partial charge in [0, 0.05) is 5.39 Å². The fourth-order valence-electron chi connectivity index (χ4n) is 3.38. The number of fused-ring (bicyclic) bond motifs is 3. The van der Waals surface area contributed by atoms with E-state index in [0.29, 0.717) is 11.4 Å². The fourth-order valence-corrected chi connectivity index (χ4v) is 3.38. The lowest BCUT2D eigenvalue weighted by molar-refractivity contribution is -0.151. The minimum absolute atomic E-state index is 0.0148. The summed E-state index contributed by atoms with van der Waals surface area (Å²) in [6.07, 6.45) is -0.599. The van der Waals surface area contributed by atoms with Gasteiger partial charge in [0.05, 0.1) is 19.0 Å². The van der Waals surface area contributed by atoms with Gasteiger partial charge in [-0.3, -0.25) is 14.4 Å². The molecule has 1 atom stereocenters. The normalized spacial score (nSPS) is 16.2. The molecule has 1 aliphatic heterocycles. The number of ether oxygens (including phenoxy) is 1. The third-order valence-electron chi connectivity index (χ3n) is 4.50. The molecule has 0 radical (unpaired) electrons. The molecular formula is C20H18N2O4. The SMILES string of the molecule is CON1C(=O)c2cc3cc(C)ccc3n2C1CC(=O)Oc1ccccc1. The average molecular weight is 350 g/mol. The third-order valence-corrected chi connectivity index (χ3v) is 4.50. The molecule has 1 aromatic heterocycles. The van der Waals surface area contributed by atoms with Gasteiger partial charge in [0.25, 0.3) is 5.91 Å². The summed E-state index contributed by atoms with van der Waals surface area (Å²) in [4.78, 5) is 30.3. The first-order valence-electron chi connectivity index (χ1n) is 8.33. The Bertz CT molecular complexity index is 994. The van der Waals surface area contributed by atoms with Gasteiger partial charge in [-0.25, -0.2) is 0 Å². The van der Waals surface area contributed by atoms with Crippen molar-refractivity contribution in [1.29, 1.82) is 0 Å². The predicted octanol–water partition coefficient (Wildman–Crippen LogP) is 3.46. The Labute approximate surface area is 150 Å². The van der Waals surface area contributed by atoms with E-state index >= 15 is 0 Å². The van der Waals surface area contributed by atoms with E-state index in [1.54, 1.807) is 24.3 Å². The van der Waals surface area contributed by atoms with Crippen LogP contribution in [0, 0.1) is 6.92 Å². The van der Waals surface area contributed by atoms with Gasteiger partial charge in [0.1, 0.15) is 17.6 Å². The van der Waals surface area contributed by atoms with E-state index in [1.807, 2.05) is 41.8 Å². The number of para-hydroxylation sites is 1. The van der Waals surface area contributed by atoms with Crippen LogP contribution in [0.3, 0.4) is 0 Å². The van der Waals surface area contributed by atoms with Gasteiger partial charge in [0.15, 0.2) is 0 Å². The molecule has 0 saturated heterocycles. The Kier molecular flexibility index (Phi) is 3.97. The molecule has 0 saturated carbocycles. The number of rotatable bonds is 4. The van der Waals surface area contributed by atoms with E-state index in [2.05, 4.69) is 0 Å². The van der Waals surface area contributed by atoms with Crippen LogP contribution in [0.15, 0.2) is 54.6 Å². The molecule has 1 aliphatic rings. The van der Waals surface area contributed by atoms with Gasteiger partial charge < -0.3 is 9.30 Å². The number of carbonyl (C=O) groups is 2. The molecule has 6 nitrogen and oxygen atoms in total. The fraction of sp³-hybridized carbons (Fsp3) is 0.200. The molecule has 1 unspecified atom stereocenters. The first-order valence-corrected chi connectivity index (χ1v) is 8.33. The van der Waals surface area contributed by atoms with Crippen molar-refractivity contribution in [2.24, 2.45) is 0 Å². The van der Waals surface area contributed by atoms with Crippen molar-refractivity contribution in [3.05, 3.63) is 65.9 Å². The van der Waals surface area contributed by atoms with Crippen molar-refractivity contribution in [3.63, 3.8) is 0 Å². The Balaban J connectivity index is 1.68. The van der Waals surface area contributed by atoms with E-state index < -0.39 is 12.1 Å². The van der Waals surface area contributed by atoms with Crippen LogP contribution in [0.4, 0.5) is 0 Å². The summed E-state index contributed by atoms with van der Waals surface area (Å²) in [6, 6.07) is 16.6. The second-order valence-corrected chi connectivity index (χ2v) is 6.25. The zero-order valence-corrected chi connectivity index (χ0v) is 14.5. The van der Waals surface area contributed by atoms with Crippen molar-refractivity contribution in [1.82, 2.24) is 9.63 Å². The Morgan fingerprint density at radius 3 is 2.62 bits per heavy atom. The standard InChI is InChI=1S/C20H18N2O4/c1-13-8-9-16-14(10-13)11-17-20(24)22(25-2)18(21(16)17)12-19(23)26-15-6-4-3-5-7-15/h3-11,18H,12H2,1-2H3. The number of amides is 1. The lowest BCUT2D eigenvalue weighted by Gasteiger charge is -2.23. The maximum Gasteiger partial charge on any atom is 0.315 e. The molecule has 6 heteroatoms. The maximum atomic E-state index is 12.7. The zero-order chi connectivity index (χ0) is 18.3. The minimum Gasteiger partial charge on any atom is -0.426 e. The van der Waals surface area contributed by atoms with E-state index in [4.69, 9.17) is 9.57 Å². The molecule has 2 aromatic carbocycles. The molecule has 0 N–H and O–H groups in total. The third kappa shape index (κ3) is 2.64. The summed E-state index contributed by atoms with van der Waals surface area (Å²) in [5.74, 6) is -0.226. The largest absolute Gasteiger partial charge is 0.426 e. The average Bonchev–Trinajstić information content (AvgIpc) is 3.11. The van der Waals surface area contributed by atoms with Crippen LogP contribution in [0.5, 0.6) is 5.75 Å². The highest BCUT2D eigenvalue weighted by Gasteiger charge is 2.40. The van der Waals surface area contributed by atoms with Crippen LogP contribution in [-0.4, -0.2) is 28.6 Å². The summed E-state index contributed by atoms with van der Waals surface area (Å²) < 4.78 is 7.22. The second-order valence-electron chi connectivity index (χ2n) is 6.25. The molecule has 4 rings (SSSR count). The monoisotopic (exact) mass is 350 g/mol. The highest BCUT2D eigenvalue weighted by atomic mass is 16.7. The molecule has 0 fully saturated rings. The smallest absolute Gasteiger partial charge is 0.315 e. The van der Waals surface area contributed by atoms with Crippen molar-refractivity contribution in [2.75, 3.05) is 7.11 Å². The molecule has 2 heterocycles. The lowest BCUT2D eigenvalue weighted by Crippen LogP contribution is -2.31. The number of hydrogen-bond acceptors (Lipinski definition) is 4. The molecule has 0 spiro atoms. The molecule has 0 bridgehead atoms. The Hall–Kier alpha value is -3.12. The van der Waals surface area contributed by atoms with Crippen molar-refractivity contribution in [3.8, 4) is 5.75 Å². The van der Waals surface area contributed by atoms with Crippen LogP contribution < -0.4 is 4.74 Å². The first kappa shape index (κ1) is 16.4. The summed E-state index contributed by atoms with van der Waals surface area (Å²) >= 11 is 0. The Morgan fingerprint density at radius 1 is 1.12 bits per heavy atom. The van der Waals surface area contributed by atoms with Crippen LogP contribution in [-0.2, 0) is 9.63 Å². The molecule has 26 heavy (non-hydrogen) atoms. The molecule has 1 amide bonds. The number of aromatic nitrogens is 1. The summed E-state index contributed by atoms with van der Waals surface area (Å²) in [7, 11) is 1.42. The molecule has 132 valence electrons. The number of esters is 1. The van der Waals surface area contributed by atoms with E-state index in [-0.39, 0.29) is 12.3 Å². The number of hydroxylamine groups is 2. The molecular weight excluding hydrogens is 332 g/mol. The van der Waals surface area contributed by atoms with Gasteiger partial charge >= 0.3 is 5.97 Å². The highest BCUT2D eigenvalue weighted by molar-refractivity contribution is 6.01. The van der Waals surface area contributed by atoms with Gasteiger partial charge in [-0.1, -0.05) is 29.8 Å². The van der Waals surface area contributed by atoms with Crippen molar-refractivity contribution in [2.45, 2.75) is 19.5 Å². The summed E-state index contributed by atoms with van der Waals surface area (Å²) in [5.41, 5.74) is 2.50. The van der Waals surface area contributed by atoms with Crippen LogP contribution in [0.1, 0.15) is 28.6 Å². The first-order chi connectivity index (χ1) is 12.6. The lowest BCUT2D eigenvalue weighted by atomic mass is 10.2. The van der Waals surface area contributed by atoms with Gasteiger partial charge in [0.2, 0.25) is 0 Å². The predicted molar refractivity (Wildman–Crippen MR) is 95.6 cm³/mol. The topological polar surface area (TPSA) is 60.8 Å². The number of nitrogens with zero attached hydrogens (tertiary/aromatic N) is 2. The summed E-state index contributed by atoms with van der Waals surface area (Å²) in [6.45, 7) is 2.00. The quantitative estimate of drug-likeness (QED) is 0.534. The zero-order valence-electron chi connectivity index (χ0n) is 14.5. The van der Waals surface area contributed by atoms with Crippen LogP contribution in [0.2, 0.25) is 0 Å². The van der Waals surface area contributed by atoms with E-state index in [1.165, 1.54) is 12.2 Å². The van der Waals surface area contributed by atoms with Crippen molar-refractivity contribution < 1.29 is 19.2 Å². The number of carbonyl (C=O) groups excluding carboxylic acids is 2. The highest BCUT2D eigenvalue weighted by Crippen LogP contribution is 2.36. The summed E-state index contributed by atoms with van der Waals surface area (Å²) in [5, 5.41) is 2.19. The van der Waals surface area contributed by atoms with Gasteiger partial charge in [-0.05, 0) is 37.3 Å². The second kappa shape index (κ2) is 6.31. The molecule has 0 aliphatic carbocycles. The maximum absolute atomic E-state index is 12.7. The van der Waals surface area contributed by atoms with Gasteiger partial charge in [-0.2, -0.15) is 5.06 Å². The number of hydrogen-bond donors (Lipinski definition) is 0. The minimum atomic E-state index is -0.584. The van der Waals surface area contributed by atoms with Crippen molar-refractivity contribution >= 4 is 22.8 Å². The van der Waals surface area contributed by atoms with E-state index in [0.717, 1.165) is 16.5 Å². The molecule has 3 aromatic rings. The van der Waals surface area contributed by atoms with Crippen LogP contribution >= 0.6 is 0 Å². The number of aryl methyl sites for hydroxylation is 1. The Morgan fingerprint density at radius 2 is 1.88 bits per heavy atom. The van der Waals surface area contributed by atoms with Crippen LogP contribution in [0.25, 0.3) is 10.9 Å². The number of benzene rings is 2.